The summed E-state index contributed by atoms with van der Waals surface area (Å²) in [4.78, 5) is 4.26. The predicted octanol–water partition coefficient (Wildman–Crippen LogP) is 3.23. The van der Waals surface area contributed by atoms with Crippen LogP contribution in [0.4, 0.5) is 0 Å². The first-order valence-corrected chi connectivity index (χ1v) is 8.46. The maximum atomic E-state index is 4.26. The van der Waals surface area contributed by atoms with Crippen molar-refractivity contribution < 1.29 is 0 Å². The molecule has 0 bridgehead atoms. The second-order valence-electron chi connectivity index (χ2n) is 5.48. The Morgan fingerprint density at radius 1 is 1.37 bits per heavy atom. The van der Waals surface area contributed by atoms with E-state index in [0.717, 1.165) is 17.6 Å². The molecular formula is C14H26N4S. The zero-order valence-corrected chi connectivity index (χ0v) is 12.9. The van der Waals surface area contributed by atoms with E-state index in [1.807, 2.05) is 11.8 Å². The SMILES string of the molecule is CCCNC1CCC(CCC)CC1Sc1ncn[nH]1. The minimum atomic E-state index is 0.628. The quantitative estimate of drug-likeness (QED) is 0.806. The van der Waals surface area contributed by atoms with Gasteiger partial charge in [0.15, 0.2) is 5.16 Å². The van der Waals surface area contributed by atoms with Gasteiger partial charge in [0.2, 0.25) is 0 Å². The monoisotopic (exact) mass is 282 g/mol. The standard InChI is InChI=1S/C14H26N4S/c1-3-5-11-6-7-12(15-8-4-2)13(9-11)19-14-16-10-17-18-14/h10-13,15H,3-9H2,1-2H3,(H,16,17,18). The average molecular weight is 282 g/mol. The lowest BCUT2D eigenvalue weighted by molar-refractivity contribution is 0.287. The summed E-state index contributed by atoms with van der Waals surface area (Å²) in [6, 6.07) is 0.628. The lowest BCUT2D eigenvalue weighted by Gasteiger charge is -2.36. The van der Waals surface area contributed by atoms with Crippen molar-refractivity contribution in [1.29, 1.82) is 0 Å². The summed E-state index contributed by atoms with van der Waals surface area (Å²) >= 11 is 1.87. The van der Waals surface area contributed by atoms with Crippen LogP contribution in [0.3, 0.4) is 0 Å². The molecule has 1 heterocycles. The number of aromatic nitrogens is 3. The number of hydrogen-bond donors (Lipinski definition) is 2. The molecule has 108 valence electrons. The van der Waals surface area contributed by atoms with E-state index in [2.05, 4.69) is 34.3 Å². The van der Waals surface area contributed by atoms with Gasteiger partial charge in [-0.2, -0.15) is 5.10 Å². The lowest BCUT2D eigenvalue weighted by Crippen LogP contribution is -2.43. The van der Waals surface area contributed by atoms with Crippen molar-refractivity contribution in [3.8, 4) is 0 Å². The van der Waals surface area contributed by atoms with Gasteiger partial charge in [-0.1, -0.05) is 38.5 Å². The summed E-state index contributed by atoms with van der Waals surface area (Å²) in [6.45, 7) is 5.64. The van der Waals surface area contributed by atoms with Crippen LogP contribution in [0.5, 0.6) is 0 Å². The number of rotatable bonds is 7. The lowest BCUT2D eigenvalue weighted by atomic mass is 9.83. The summed E-state index contributed by atoms with van der Waals surface area (Å²) in [5.74, 6) is 0.894. The summed E-state index contributed by atoms with van der Waals surface area (Å²) in [5.41, 5.74) is 0. The van der Waals surface area contributed by atoms with Gasteiger partial charge in [0.05, 0.1) is 0 Å². The van der Waals surface area contributed by atoms with Gasteiger partial charge in [0.25, 0.3) is 0 Å². The number of aromatic amines is 1. The van der Waals surface area contributed by atoms with Crippen molar-refractivity contribution in [2.24, 2.45) is 5.92 Å². The molecule has 4 nitrogen and oxygen atoms in total. The minimum absolute atomic E-state index is 0.628. The minimum Gasteiger partial charge on any atom is -0.313 e. The highest BCUT2D eigenvalue weighted by atomic mass is 32.2. The van der Waals surface area contributed by atoms with Crippen LogP contribution in [0.1, 0.15) is 52.4 Å². The fourth-order valence-electron chi connectivity index (χ4n) is 2.97. The van der Waals surface area contributed by atoms with Gasteiger partial charge in [-0.3, -0.25) is 5.10 Å². The van der Waals surface area contributed by atoms with E-state index >= 15 is 0 Å². The molecule has 19 heavy (non-hydrogen) atoms. The first kappa shape index (κ1) is 14.9. The molecule has 2 N–H and O–H groups in total. The van der Waals surface area contributed by atoms with E-state index in [1.54, 1.807) is 6.33 Å². The van der Waals surface area contributed by atoms with Gasteiger partial charge in [-0.25, -0.2) is 4.98 Å². The molecule has 5 heteroatoms. The van der Waals surface area contributed by atoms with Crippen LogP contribution >= 0.6 is 11.8 Å². The summed E-state index contributed by atoms with van der Waals surface area (Å²) in [6.07, 6.45) is 9.46. The van der Waals surface area contributed by atoms with E-state index in [-0.39, 0.29) is 0 Å². The Kier molecular flexibility index (Phi) is 6.17. The van der Waals surface area contributed by atoms with Crippen LogP contribution in [0.15, 0.2) is 11.5 Å². The number of nitrogens with one attached hydrogen (secondary N) is 2. The molecule has 3 atom stereocenters. The van der Waals surface area contributed by atoms with Crippen LogP contribution in [0.2, 0.25) is 0 Å². The fourth-order valence-corrected chi connectivity index (χ4v) is 4.24. The maximum absolute atomic E-state index is 4.26. The Morgan fingerprint density at radius 2 is 2.26 bits per heavy atom. The molecule has 0 radical (unpaired) electrons. The molecule has 0 aromatic carbocycles. The molecule has 1 aliphatic rings. The van der Waals surface area contributed by atoms with Gasteiger partial charge in [0, 0.05) is 11.3 Å². The first-order chi connectivity index (χ1) is 9.33. The second-order valence-corrected chi connectivity index (χ2v) is 6.70. The Balaban J connectivity index is 1.93. The zero-order valence-electron chi connectivity index (χ0n) is 12.1. The number of H-pyrrole nitrogens is 1. The van der Waals surface area contributed by atoms with E-state index < -0.39 is 0 Å². The highest BCUT2D eigenvalue weighted by Crippen LogP contribution is 2.36. The highest BCUT2D eigenvalue weighted by Gasteiger charge is 2.31. The second kappa shape index (κ2) is 7.90. The summed E-state index contributed by atoms with van der Waals surface area (Å²) < 4.78 is 0. The normalized spacial score (nSPS) is 27.6. The Bertz CT molecular complexity index is 341. The van der Waals surface area contributed by atoms with Crippen LogP contribution < -0.4 is 5.32 Å². The topological polar surface area (TPSA) is 53.6 Å². The number of thioether (sulfide) groups is 1. The number of nitrogens with zero attached hydrogens (tertiary/aromatic N) is 2. The van der Waals surface area contributed by atoms with Gasteiger partial charge in [-0.05, 0) is 38.1 Å². The van der Waals surface area contributed by atoms with Crippen molar-refractivity contribution in [3.63, 3.8) is 0 Å². The fraction of sp³-hybridized carbons (Fsp3) is 0.857. The Hall–Kier alpha value is -0.550. The van der Waals surface area contributed by atoms with Crippen LogP contribution in [0.25, 0.3) is 0 Å². The average Bonchev–Trinajstić information content (AvgIpc) is 2.91. The van der Waals surface area contributed by atoms with Crippen LogP contribution in [-0.4, -0.2) is 33.0 Å². The zero-order chi connectivity index (χ0) is 13.5. The summed E-state index contributed by atoms with van der Waals surface area (Å²) in [7, 11) is 0. The molecule has 1 aromatic heterocycles. The molecular weight excluding hydrogens is 256 g/mol. The molecule has 3 unspecified atom stereocenters. The molecule has 0 amide bonds. The third-order valence-corrected chi connectivity index (χ3v) is 5.15. The molecule has 2 rings (SSSR count). The van der Waals surface area contributed by atoms with Gasteiger partial charge >= 0.3 is 0 Å². The van der Waals surface area contributed by atoms with E-state index in [9.17, 15) is 0 Å². The van der Waals surface area contributed by atoms with Gasteiger partial charge in [-0.15, -0.1) is 0 Å². The third kappa shape index (κ3) is 4.49. The first-order valence-electron chi connectivity index (χ1n) is 7.58. The van der Waals surface area contributed by atoms with Crippen LogP contribution in [0, 0.1) is 5.92 Å². The van der Waals surface area contributed by atoms with Crippen molar-refractivity contribution in [2.75, 3.05) is 6.54 Å². The largest absolute Gasteiger partial charge is 0.313 e. The molecule has 1 aliphatic carbocycles. The highest BCUT2D eigenvalue weighted by molar-refractivity contribution is 7.99. The molecule has 0 saturated heterocycles. The van der Waals surface area contributed by atoms with E-state index in [4.69, 9.17) is 0 Å². The van der Waals surface area contributed by atoms with Crippen molar-refractivity contribution in [2.45, 2.75) is 68.8 Å². The molecule has 1 saturated carbocycles. The van der Waals surface area contributed by atoms with Crippen molar-refractivity contribution in [1.82, 2.24) is 20.5 Å². The Labute approximate surface area is 120 Å². The number of hydrogen-bond acceptors (Lipinski definition) is 4. The maximum Gasteiger partial charge on any atom is 0.183 e. The molecule has 0 spiro atoms. The predicted molar refractivity (Wildman–Crippen MR) is 80.4 cm³/mol. The molecule has 0 aliphatic heterocycles. The van der Waals surface area contributed by atoms with Crippen LogP contribution in [-0.2, 0) is 0 Å². The van der Waals surface area contributed by atoms with Crippen molar-refractivity contribution >= 4 is 11.8 Å². The third-order valence-electron chi connectivity index (χ3n) is 3.91. The van der Waals surface area contributed by atoms with E-state index in [1.165, 1.54) is 38.5 Å². The summed E-state index contributed by atoms with van der Waals surface area (Å²) in [5, 5.41) is 12.2. The smallest absolute Gasteiger partial charge is 0.183 e. The van der Waals surface area contributed by atoms with Gasteiger partial charge in [0.1, 0.15) is 6.33 Å². The van der Waals surface area contributed by atoms with Crippen molar-refractivity contribution in [3.05, 3.63) is 6.33 Å². The van der Waals surface area contributed by atoms with E-state index in [0.29, 0.717) is 11.3 Å². The Morgan fingerprint density at radius 3 is 2.95 bits per heavy atom. The molecule has 1 aromatic rings. The van der Waals surface area contributed by atoms with Gasteiger partial charge < -0.3 is 5.32 Å². The molecule has 1 fully saturated rings.